The van der Waals surface area contributed by atoms with Crippen LogP contribution in [0.5, 0.6) is 5.75 Å². The summed E-state index contributed by atoms with van der Waals surface area (Å²) in [6.07, 6.45) is 0.278. The molecule has 1 heterocycles. The van der Waals surface area contributed by atoms with Crippen LogP contribution in [0.25, 0.3) is 0 Å². The number of benzene rings is 2. The first-order chi connectivity index (χ1) is 12.0. The number of methoxy groups -OCH3 is 1. The molecule has 1 atom stereocenters. The average Bonchev–Trinajstić information content (AvgIpc) is 2.97. The van der Waals surface area contributed by atoms with E-state index >= 15 is 0 Å². The van der Waals surface area contributed by atoms with E-state index in [4.69, 9.17) is 4.74 Å². The van der Waals surface area contributed by atoms with Gasteiger partial charge < -0.3 is 20.3 Å². The molecule has 1 unspecified atom stereocenters. The smallest absolute Gasteiger partial charge is 0.319 e. The van der Waals surface area contributed by atoms with Crippen molar-refractivity contribution in [3.05, 3.63) is 53.0 Å². The van der Waals surface area contributed by atoms with Crippen molar-refractivity contribution >= 4 is 39.2 Å². The zero-order chi connectivity index (χ0) is 17.8. The lowest BCUT2D eigenvalue weighted by Gasteiger charge is -2.17. The van der Waals surface area contributed by atoms with E-state index in [1.807, 2.05) is 36.4 Å². The minimum atomic E-state index is -0.322. The number of nitrogens with zero attached hydrogens (tertiary/aromatic N) is 1. The molecule has 3 rings (SSSR count). The Hall–Kier alpha value is -2.54. The Kier molecular flexibility index (Phi) is 5.23. The van der Waals surface area contributed by atoms with Crippen molar-refractivity contribution in [3.63, 3.8) is 0 Å². The van der Waals surface area contributed by atoms with Crippen molar-refractivity contribution in [1.29, 1.82) is 0 Å². The van der Waals surface area contributed by atoms with E-state index in [2.05, 4.69) is 26.6 Å². The largest absolute Gasteiger partial charge is 0.497 e. The van der Waals surface area contributed by atoms with Crippen LogP contribution < -0.4 is 20.3 Å². The molecule has 1 saturated heterocycles. The van der Waals surface area contributed by atoms with Crippen molar-refractivity contribution in [1.82, 2.24) is 5.32 Å². The molecule has 0 bridgehead atoms. The van der Waals surface area contributed by atoms with Gasteiger partial charge in [0.25, 0.3) is 0 Å². The van der Waals surface area contributed by atoms with E-state index in [0.29, 0.717) is 12.2 Å². The summed E-state index contributed by atoms with van der Waals surface area (Å²) in [4.78, 5) is 26.0. The number of nitrogens with one attached hydrogen (secondary N) is 2. The van der Waals surface area contributed by atoms with Crippen LogP contribution >= 0.6 is 15.9 Å². The van der Waals surface area contributed by atoms with E-state index in [1.165, 1.54) is 0 Å². The number of carbonyl (C=O) groups is 2. The van der Waals surface area contributed by atoms with E-state index in [9.17, 15) is 9.59 Å². The van der Waals surface area contributed by atoms with Gasteiger partial charge in [-0.05, 0) is 48.5 Å². The van der Waals surface area contributed by atoms with E-state index in [0.717, 1.165) is 15.9 Å². The number of anilines is 2. The average molecular weight is 404 g/mol. The first kappa shape index (κ1) is 17.3. The molecular formula is C18H18BrN3O3. The Bertz CT molecular complexity index is 762. The van der Waals surface area contributed by atoms with Crippen LogP contribution in [0.1, 0.15) is 6.42 Å². The van der Waals surface area contributed by atoms with Gasteiger partial charge >= 0.3 is 6.03 Å². The lowest BCUT2D eigenvalue weighted by atomic mass is 10.2. The normalized spacial score (nSPS) is 16.6. The van der Waals surface area contributed by atoms with Gasteiger partial charge in [-0.2, -0.15) is 0 Å². The minimum Gasteiger partial charge on any atom is -0.497 e. The molecule has 0 saturated carbocycles. The maximum absolute atomic E-state index is 12.2. The Labute approximate surface area is 154 Å². The summed E-state index contributed by atoms with van der Waals surface area (Å²) in [6, 6.07) is 14.0. The second kappa shape index (κ2) is 7.57. The Balaban J connectivity index is 1.58. The van der Waals surface area contributed by atoms with Crippen LogP contribution in [0.2, 0.25) is 0 Å². The van der Waals surface area contributed by atoms with Crippen molar-refractivity contribution in [2.45, 2.75) is 12.5 Å². The first-order valence-electron chi connectivity index (χ1n) is 7.82. The summed E-state index contributed by atoms with van der Waals surface area (Å²) < 4.78 is 6.06. The van der Waals surface area contributed by atoms with Crippen LogP contribution in [-0.2, 0) is 4.79 Å². The highest BCUT2D eigenvalue weighted by Gasteiger charge is 2.31. The van der Waals surface area contributed by atoms with Gasteiger partial charge in [0.05, 0.1) is 13.2 Å². The minimum absolute atomic E-state index is 0.0147. The molecule has 7 heteroatoms. The molecule has 3 amide bonds. The van der Waals surface area contributed by atoms with Gasteiger partial charge in [-0.3, -0.25) is 4.79 Å². The predicted molar refractivity (Wildman–Crippen MR) is 100 cm³/mol. The molecule has 130 valence electrons. The summed E-state index contributed by atoms with van der Waals surface area (Å²) in [6.45, 7) is 0.443. The van der Waals surface area contributed by atoms with E-state index in [-0.39, 0.29) is 24.4 Å². The summed E-state index contributed by atoms with van der Waals surface area (Å²) >= 11 is 3.35. The van der Waals surface area contributed by atoms with Crippen LogP contribution in [0.15, 0.2) is 53.0 Å². The van der Waals surface area contributed by atoms with Crippen molar-refractivity contribution in [3.8, 4) is 5.75 Å². The van der Waals surface area contributed by atoms with E-state index in [1.54, 1.807) is 24.1 Å². The zero-order valence-corrected chi connectivity index (χ0v) is 15.2. The summed E-state index contributed by atoms with van der Waals surface area (Å²) in [5.74, 6) is 0.720. The molecule has 2 aromatic carbocycles. The molecule has 1 aliphatic heterocycles. The second-order valence-electron chi connectivity index (χ2n) is 5.71. The first-order valence-corrected chi connectivity index (χ1v) is 8.62. The Morgan fingerprint density at radius 2 is 1.84 bits per heavy atom. The number of halogens is 1. The molecule has 0 spiro atoms. The quantitative estimate of drug-likeness (QED) is 0.821. The van der Waals surface area contributed by atoms with Crippen molar-refractivity contribution in [2.24, 2.45) is 0 Å². The SMILES string of the molecule is COc1ccc(N2CC(NC(=O)Nc3ccc(Br)cc3)CC2=O)cc1. The molecule has 25 heavy (non-hydrogen) atoms. The number of amides is 3. The summed E-state index contributed by atoms with van der Waals surface area (Å²) in [5.41, 5.74) is 1.49. The number of rotatable bonds is 4. The number of carbonyl (C=O) groups excluding carboxylic acids is 2. The molecule has 1 aliphatic rings. The molecule has 0 aliphatic carbocycles. The van der Waals surface area contributed by atoms with Crippen molar-refractivity contribution in [2.75, 3.05) is 23.9 Å². The molecular weight excluding hydrogens is 386 g/mol. The lowest BCUT2D eigenvalue weighted by molar-refractivity contribution is -0.117. The molecule has 1 fully saturated rings. The molecule has 2 aromatic rings. The maximum atomic E-state index is 12.2. The standard InChI is InChI=1S/C18H18BrN3O3/c1-25-16-8-6-15(7-9-16)22-11-14(10-17(22)23)21-18(24)20-13-4-2-12(19)3-5-13/h2-9,14H,10-11H2,1H3,(H2,20,21,24). The number of hydrogen-bond acceptors (Lipinski definition) is 3. The van der Waals surface area contributed by atoms with Crippen LogP contribution in [-0.4, -0.2) is 31.6 Å². The second-order valence-corrected chi connectivity index (χ2v) is 6.62. The van der Waals surface area contributed by atoms with Gasteiger partial charge in [0.2, 0.25) is 5.91 Å². The monoisotopic (exact) mass is 403 g/mol. The Morgan fingerprint density at radius 3 is 2.48 bits per heavy atom. The van der Waals surface area contributed by atoms with Gasteiger partial charge in [-0.15, -0.1) is 0 Å². The summed E-state index contributed by atoms with van der Waals surface area (Å²) in [5, 5.41) is 5.61. The maximum Gasteiger partial charge on any atom is 0.319 e. The zero-order valence-electron chi connectivity index (χ0n) is 13.7. The molecule has 0 aromatic heterocycles. The van der Waals surface area contributed by atoms with Gasteiger partial charge in [0, 0.05) is 28.8 Å². The third-order valence-electron chi connectivity index (χ3n) is 3.95. The lowest BCUT2D eigenvalue weighted by Crippen LogP contribution is -2.39. The topological polar surface area (TPSA) is 70.7 Å². The third kappa shape index (κ3) is 4.30. The van der Waals surface area contributed by atoms with Crippen molar-refractivity contribution < 1.29 is 14.3 Å². The highest BCUT2D eigenvalue weighted by Crippen LogP contribution is 2.24. The van der Waals surface area contributed by atoms with Crippen LogP contribution in [0, 0.1) is 0 Å². The van der Waals surface area contributed by atoms with E-state index < -0.39 is 0 Å². The highest BCUT2D eigenvalue weighted by atomic mass is 79.9. The van der Waals surface area contributed by atoms with Gasteiger partial charge in [-0.25, -0.2) is 4.79 Å². The predicted octanol–water partition coefficient (Wildman–Crippen LogP) is 3.38. The fourth-order valence-corrected chi connectivity index (χ4v) is 2.97. The number of ether oxygens (including phenoxy) is 1. The van der Waals surface area contributed by atoms with Crippen LogP contribution in [0.4, 0.5) is 16.2 Å². The fraction of sp³-hybridized carbons (Fsp3) is 0.222. The summed E-state index contributed by atoms with van der Waals surface area (Å²) in [7, 11) is 1.60. The van der Waals surface area contributed by atoms with Gasteiger partial charge in [-0.1, -0.05) is 15.9 Å². The van der Waals surface area contributed by atoms with Gasteiger partial charge in [0.15, 0.2) is 0 Å². The molecule has 2 N–H and O–H groups in total. The molecule has 6 nitrogen and oxygen atoms in total. The van der Waals surface area contributed by atoms with Crippen LogP contribution in [0.3, 0.4) is 0 Å². The highest BCUT2D eigenvalue weighted by molar-refractivity contribution is 9.10. The Morgan fingerprint density at radius 1 is 1.16 bits per heavy atom. The number of hydrogen-bond donors (Lipinski definition) is 2. The number of urea groups is 1. The fourth-order valence-electron chi connectivity index (χ4n) is 2.70. The van der Waals surface area contributed by atoms with Gasteiger partial charge in [0.1, 0.15) is 5.75 Å². The molecule has 0 radical (unpaired) electrons. The third-order valence-corrected chi connectivity index (χ3v) is 4.48.